The number of benzene rings is 1. The number of rotatable bonds is 8. The van der Waals surface area contributed by atoms with Crippen molar-refractivity contribution in [3.05, 3.63) is 46.2 Å². The van der Waals surface area contributed by atoms with Crippen LogP contribution in [0.4, 0.5) is 4.39 Å². The van der Waals surface area contributed by atoms with Gasteiger partial charge in [-0.3, -0.25) is 4.79 Å². The Bertz CT molecular complexity index is 638. The molecular formula is C18H27BrFIN4O. The molecule has 0 atom stereocenters. The number of nitrogens with zero attached hydrogens (tertiary/aromatic N) is 2. The highest BCUT2D eigenvalue weighted by atomic mass is 127. The SMILES string of the molecule is C=C(C)CNC(=NCC(=O)N(C)C)NCCCc1ccc(Br)cc1F.I. The summed E-state index contributed by atoms with van der Waals surface area (Å²) in [5.41, 5.74) is 1.64. The van der Waals surface area contributed by atoms with E-state index in [-0.39, 0.29) is 42.2 Å². The number of likely N-dealkylation sites (N-methyl/N-ethyl adjacent to an activating group) is 1. The molecule has 2 N–H and O–H groups in total. The van der Waals surface area contributed by atoms with Crippen molar-refractivity contribution in [2.45, 2.75) is 19.8 Å². The number of nitrogens with one attached hydrogen (secondary N) is 2. The molecule has 0 spiro atoms. The van der Waals surface area contributed by atoms with Crippen molar-refractivity contribution in [2.75, 3.05) is 33.7 Å². The van der Waals surface area contributed by atoms with Crippen LogP contribution in [-0.4, -0.2) is 50.5 Å². The molecule has 1 rings (SSSR count). The second kappa shape index (κ2) is 13.1. The molecule has 26 heavy (non-hydrogen) atoms. The summed E-state index contributed by atoms with van der Waals surface area (Å²) >= 11 is 3.25. The van der Waals surface area contributed by atoms with E-state index in [2.05, 4.69) is 38.1 Å². The Morgan fingerprint density at radius 2 is 2.04 bits per heavy atom. The highest BCUT2D eigenvalue weighted by molar-refractivity contribution is 14.0. The van der Waals surface area contributed by atoms with Crippen LogP contribution in [0.1, 0.15) is 18.9 Å². The van der Waals surface area contributed by atoms with Crippen LogP contribution in [0.5, 0.6) is 0 Å². The van der Waals surface area contributed by atoms with Gasteiger partial charge in [0.15, 0.2) is 5.96 Å². The van der Waals surface area contributed by atoms with E-state index in [1.807, 2.05) is 13.0 Å². The van der Waals surface area contributed by atoms with E-state index in [0.717, 1.165) is 16.5 Å². The van der Waals surface area contributed by atoms with Crippen LogP contribution >= 0.6 is 39.9 Å². The van der Waals surface area contributed by atoms with Gasteiger partial charge in [-0.15, -0.1) is 24.0 Å². The number of carbonyl (C=O) groups excluding carboxylic acids is 1. The van der Waals surface area contributed by atoms with Gasteiger partial charge in [-0.25, -0.2) is 9.38 Å². The van der Waals surface area contributed by atoms with Gasteiger partial charge < -0.3 is 15.5 Å². The lowest BCUT2D eigenvalue weighted by atomic mass is 10.1. The molecule has 5 nitrogen and oxygen atoms in total. The summed E-state index contributed by atoms with van der Waals surface area (Å²) in [6, 6.07) is 5.08. The summed E-state index contributed by atoms with van der Waals surface area (Å²) < 4.78 is 14.5. The Labute approximate surface area is 180 Å². The quantitative estimate of drug-likeness (QED) is 0.175. The molecular weight excluding hydrogens is 514 g/mol. The Morgan fingerprint density at radius 1 is 1.35 bits per heavy atom. The molecule has 0 aromatic heterocycles. The van der Waals surface area contributed by atoms with Gasteiger partial charge in [0.1, 0.15) is 12.4 Å². The summed E-state index contributed by atoms with van der Waals surface area (Å²) in [6.45, 7) is 7.01. The van der Waals surface area contributed by atoms with Gasteiger partial charge in [0.25, 0.3) is 0 Å². The van der Waals surface area contributed by atoms with Crippen molar-refractivity contribution >= 4 is 51.8 Å². The number of aliphatic imine (C=N–C) groups is 1. The number of aryl methyl sites for hydroxylation is 1. The van der Waals surface area contributed by atoms with Gasteiger partial charge in [-0.2, -0.15) is 0 Å². The largest absolute Gasteiger partial charge is 0.356 e. The molecule has 0 radical (unpaired) electrons. The van der Waals surface area contributed by atoms with Crippen molar-refractivity contribution in [2.24, 2.45) is 4.99 Å². The predicted octanol–water partition coefficient (Wildman–Crippen LogP) is 3.34. The van der Waals surface area contributed by atoms with Gasteiger partial charge in [0.2, 0.25) is 5.91 Å². The van der Waals surface area contributed by atoms with E-state index in [9.17, 15) is 9.18 Å². The smallest absolute Gasteiger partial charge is 0.243 e. The highest BCUT2D eigenvalue weighted by Gasteiger charge is 2.06. The minimum atomic E-state index is -0.208. The third kappa shape index (κ3) is 10.1. The molecule has 0 bridgehead atoms. The monoisotopic (exact) mass is 540 g/mol. The fraction of sp³-hybridized carbons (Fsp3) is 0.444. The first kappa shape index (κ1) is 24.8. The minimum absolute atomic E-state index is 0. The van der Waals surface area contributed by atoms with Crippen LogP contribution in [0.25, 0.3) is 0 Å². The van der Waals surface area contributed by atoms with E-state index in [1.165, 1.54) is 11.0 Å². The third-order valence-corrected chi connectivity index (χ3v) is 3.85. The van der Waals surface area contributed by atoms with Gasteiger partial charge in [-0.05, 0) is 37.5 Å². The molecule has 0 saturated heterocycles. The number of halogens is 3. The summed E-state index contributed by atoms with van der Waals surface area (Å²) in [4.78, 5) is 17.4. The zero-order valence-electron chi connectivity index (χ0n) is 15.4. The first-order valence-corrected chi connectivity index (χ1v) is 8.89. The van der Waals surface area contributed by atoms with Crippen LogP contribution in [0, 0.1) is 5.82 Å². The molecule has 0 heterocycles. The molecule has 0 fully saturated rings. The molecule has 1 aromatic carbocycles. The predicted molar refractivity (Wildman–Crippen MR) is 120 cm³/mol. The highest BCUT2D eigenvalue weighted by Crippen LogP contribution is 2.16. The van der Waals surface area contributed by atoms with E-state index in [1.54, 1.807) is 20.2 Å². The van der Waals surface area contributed by atoms with Gasteiger partial charge >= 0.3 is 0 Å². The van der Waals surface area contributed by atoms with E-state index in [4.69, 9.17) is 0 Å². The lowest BCUT2D eigenvalue weighted by molar-refractivity contribution is -0.127. The Hall–Kier alpha value is -1.16. The van der Waals surface area contributed by atoms with Crippen molar-refractivity contribution < 1.29 is 9.18 Å². The summed E-state index contributed by atoms with van der Waals surface area (Å²) in [5, 5.41) is 6.29. The number of amides is 1. The molecule has 0 aliphatic rings. The van der Waals surface area contributed by atoms with Crippen molar-refractivity contribution in [3.8, 4) is 0 Å². The van der Waals surface area contributed by atoms with Gasteiger partial charge in [0.05, 0.1) is 0 Å². The summed E-state index contributed by atoms with van der Waals surface area (Å²) in [5.74, 6) is 0.267. The van der Waals surface area contributed by atoms with Gasteiger partial charge in [-0.1, -0.05) is 34.1 Å². The molecule has 0 aliphatic carbocycles. The van der Waals surface area contributed by atoms with Crippen LogP contribution in [-0.2, 0) is 11.2 Å². The average Bonchev–Trinajstić information content (AvgIpc) is 2.54. The molecule has 0 saturated carbocycles. The summed E-state index contributed by atoms with van der Waals surface area (Å²) in [7, 11) is 3.39. The first-order chi connectivity index (χ1) is 11.8. The van der Waals surface area contributed by atoms with E-state index in [0.29, 0.717) is 31.0 Å². The molecule has 0 unspecified atom stereocenters. The minimum Gasteiger partial charge on any atom is -0.356 e. The van der Waals surface area contributed by atoms with Crippen molar-refractivity contribution in [1.82, 2.24) is 15.5 Å². The Balaban J connectivity index is 0.00000625. The van der Waals surface area contributed by atoms with Crippen LogP contribution < -0.4 is 10.6 Å². The number of hydrogen-bond donors (Lipinski definition) is 2. The van der Waals surface area contributed by atoms with Crippen molar-refractivity contribution in [3.63, 3.8) is 0 Å². The molecule has 0 aliphatic heterocycles. The van der Waals surface area contributed by atoms with Gasteiger partial charge in [0, 0.05) is 31.7 Å². The zero-order valence-corrected chi connectivity index (χ0v) is 19.4. The lowest BCUT2D eigenvalue weighted by Gasteiger charge is -2.14. The Kier molecular flexibility index (Phi) is 12.5. The normalized spacial score (nSPS) is 10.7. The van der Waals surface area contributed by atoms with Crippen LogP contribution in [0.2, 0.25) is 0 Å². The maximum atomic E-state index is 13.8. The van der Waals surface area contributed by atoms with E-state index >= 15 is 0 Å². The second-order valence-corrected chi connectivity index (χ2v) is 6.95. The Morgan fingerprint density at radius 3 is 2.62 bits per heavy atom. The maximum Gasteiger partial charge on any atom is 0.243 e. The zero-order chi connectivity index (χ0) is 18.8. The number of guanidine groups is 1. The number of hydrogen-bond acceptors (Lipinski definition) is 2. The molecule has 1 aromatic rings. The standard InChI is InChI=1S/C18H26BrFN4O.HI/c1-13(2)11-22-18(23-12-17(25)24(3)4)21-9-5-6-14-7-8-15(19)10-16(14)20;/h7-8,10H,1,5-6,9,11-12H2,2-4H3,(H2,21,22,23);1H. The first-order valence-electron chi connectivity index (χ1n) is 8.10. The molecule has 8 heteroatoms. The van der Waals surface area contributed by atoms with E-state index < -0.39 is 0 Å². The molecule has 146 valence electrons. The fourth-order valence-electron chi connectivity index (χ4n) is 1.91. The third-order valence-electron chi connectivity index (χ3n) is 3.36. The topological polar surface area (TPSA) is 56.7 Å². The van der Waals surface area contributed by atoms with Crippen LogP contribution in [0.3, 0.4) is 0 Å². The second-order valence-electron chi connectivity index (χ2n) is 6.03. The van der Waals surface area contributed by atoms with Crippen LogP contribution in [0.15, 0.2) is 39.8 Å². The number of carbonyl (C=O) groups is 1. The molecule has 1 amide bonds. The van der Waals surface area contributed by atoms with Crippen molar-refractivity contribution in [1.29, 1.82) is 0 Å². The lowest BCUT2D eigenvalue weighted by Crippen LogP contribution is -2.39. The fourth-order valence-corrected chi connectivity index (χ4v) is 2.24. The maximum absolute atomic E-state index is 13.8. The average molecular weight is 541 g/mol. The summed E-state index contributed by atoms with van der Waals surface area (Å²) in [6.07, 6.45) is 1.37.